The summed E-state index contributed by atoms with van der Waals surface area (Å²) in [4.78, 5) is 9.45. The summed E-state index contributed by atoms with van der Waals surface area (Å²) in [5, 5.41) is 0.463. The average molecular weight is 295 g/mol. The molecule has 0 saturated carbocycles. The summed E-state index contributed by atoms with van der Waals surface area (Å²) in [5.41, 5.74) is 8.87. The topological polar surface area (TPSA) is 51.8 Å². The van der Waals surface area contributed by atoms with Crippen LogP contribution in [0.3, 0.4) is 0 Å². The van der Waals surface area contributed by atoms with Crippen molar-refractivity contribution in [1.82, 2.24) is 9.97 Å². The molecule has 3 nitrogen and oxygen atoms in total. The molecule has 104 valence electrons. The highest BCUT2D eigenvalue weighted by Crippen LogP contribution is 2.40. The third kappa shape index (κ3) is 2.93. The number of thioether (sulfide) groups is 2. The molecular formula is C14H21N3S2. The minimum absolute atomic E-state index is 0.0983. The highest BCUT2D eigenvalue weighted by molar-refractivity contribution is 8.06. The molecule has 0 aromatic carbocycles. The lowest BCUT2D eigenvalue weighted by Gasteiger charge is -2.34. The van der Waals surface area contributed by atoms with Crippen molar-refractivity contribution in [3.63, 3.8) is 0 Å². The SMILES string of the molecule is CC1(C)Cc2nc(C3CSCCS3)ncc2C(N)C1. The fourth-order valence-corrected chi connectivity index (χ4v) is 5.52. The fraction of sp³-hybridized carbons (Fsp3) is 0.714. The van der Waals surface area contributed by atoms with Crippen molar-refractivity contribution in [2.24, 2.45) is 11.1 Å². The molecule has 1 aliphatic heterocycles. The Balaban J connectivity index is 1.90. The summed E-state index contributed by atoms with van der Waals surface area (Å²) in [6.07, 6.45) is 4.03. The largest absolute Gasteiger partial charge is 0.324 e. The number of aromatic nitrogens is 2. The molecule has 3 rings (SSSR count). The van der Waals surface area contributed by atoms with E-state index in [0.29, 0.717) is 5.25 Å². The van der Waals surface area contributed by atoms with Crippen LogP contribution in [0.25, 0.3) is 0 Å². The third-order valence-corrected chi connectivity index (χ3v) is 6.59. The van der Waals surface area contributed by atoms with E-state index >= 15 is 0 Å². The molecule has 0 bridgehead atoms. The molecule has 2 unspecified atom stereocenters. The molecule has 0 spiro atoms. The van der Waals surface area contributed by atoms with Crippen molar-refractivity contribution in [3.05, 3.63) is 23.3 Å². The predicted molar refractivity (Wildman–Crippen MR) is 83.6 cm³/mol. The van der Waals surface area contributed by atoms with Gasteiger partial charge in [0.1, 0.15) is 5.82 Å². The van der Waals surface area contributed by atoms with Crippen LogP contribution < -0.4 is 5.73 Å². The normalized spacial score (nSPS) is 29.8. The quantitative estimate of drug-likeness (QED) is 0.863. The maximum atomic E-state index is 6.26. The van der Waals surface area contributed by atoms with Crippen LogP contribution in [0.15, 0.2) is 6.20 Å². The van der Waals surface area contributed by atoms with Crippen LogP contribution in [0.2, 0.25) is 0 Å². The highest BCUT2D eigenvalue weighted by Gasteiger charge is 2.32. The Bertz CT molecular complexity index is 470. The molecule has 1 aromatic rings. The van der Waals surface area contributed by atoms with Crippen LogP contribution in [-0.2, 0) is 6.42 Å². The van der Waals surface area contributed by atoms with Gasteiger partial charge in [0.05, 0.1) is 5.25 Å². The highest BCUT2D eigenvalue weighted by atomic mass is 32.2. The smallest absolute Gasteiger partial charge is 0.142 e. The number of hydrogen-bond acceptors (Lipinski definition) is 5. The first-order valence-electron chi connectivity index (χ1n) is 6.86. The molecule has 2 N–H and O–H groups in total. The second-order valence-corrected chi connectivity index (χ2v) is 8.68. The Hall–Kier alpha value is -0.260. The molecule has 0 amide bonds. The minimum atomic E-state index is 0.0983. The minimum Gasteiger partial charge on any atom is -0.324 e. The monoisotopic (exact) mass is 295 g/mol. The van der Waals surface area contributed by atoms with E-state index in [2.05, 4.69) is 18.8 Å². The Kier molecular flexibility index (Phi) is 3.80. The number of hydrogen-bond donors (Lipinski definition) is 1. The van der Waals surface area contributed by atoms with Gasteiger partial charge in [-0.2, -0.15) is 11.8 Å². The van der Waals surface area contributed by atoms with Crippen LogP contribution in [0, 0.1) is 5.41 Å². The molecule has 1 aromatic heterocycles. The van der Waals surface area contributed by atoms with E-state index in [9.17, 15) is 0 Å². The molecule has 2 heterocycles. The molecule has 0 radical (unpaired) electrons. The summed E-state index contributed by atoms with van der Waals surface area (Å²) >= 11 is 4.00. The van der Waals surface area contributed by atoms with Gasteiger partial charge in [0.25, 0.3) is 0 Å². The van der Waals surface area contributed by atoms with Crippen LogP contribution >= 0.6 is 23.5 Å². The molecule has 1 fully saturated rings. The van der Waals surface area contributed by atoms with E-state index in [-0.39, 0.29) is 11.5 Å². The van der Waals surface area contributed by atoms with E-state index in [1.807, 2.05) is 29.7 Å². The lowest BCUT2D eigenvalue weighted by molar-refractivity contribution is 0.277. The summed E-state index contributed by atoms with van der Waals surface area (Å²) in [6.45, 7) is 4.56. The Morgan fingerprint density at radius 2 is 2.21 bits per heavy atom. The van der Waals surface area contributed by atoms with Gasteiger partial charge in [-0.3, -0.25) is 0 Å². The molecule has 1 aliphatic carbocycles. The molecule has 1 saturated heterocycles. The van der Waals surface area contributed by atoms with E-state index in [1.165, 1.54) is 17.2 Å². The summed E-state index contributed by atoms with van der Waals surface area (Å²) in [5.74, 6) is 4.62. The lowest BCUT2D eigenvalue weighted by atomic mass is 9.74. The van der Waals surface area contributed by atoms with Gasteiger partial charge in [-0.05, 0) is 18.3 Å². The fourth-order valence-electron chi connectivity index (χ4n) is 2.92. The Labute approximate surface area is 123 Å². The number of nitrogens with two attached hydrogens (primary N) is 1. The third-order valence-electron chi connectivity index (χ3n) is 3.84. The van der Waals surface area contributed by atoms with E-state index in [0.717, 1.165) is 30.0 Å². The zero-order chi connectivity index (χ0) is 13.5. The zero-order valence-corrected chi connectivity index (χ0v) is 13.2. The lowest BCUT2D eigenvalue weighted by Crippen LogP contribution is -2.31. The van der Waals surface area contributed by atoms with Crippen LogP contribution in [-0.4, -0.2) is 27.2 Å². The maximum Gasteiger partial charge on any atom is 0.142 e. The van der Waals surface area contributed by atoms with Gasteiger partial charge in [-0.15, -0.1) is 11.8 Å². The van der Waals surface area contributed by atoms with Crippen molar-refractivity contribution in [2.45, 2.75) is 38.0 Å². The van der Waals surface area contributed by atoms with Gasteiger partial charge in [0, 0.05) is 40.8 Å². The zero-order valence-electron chi connectivity index (χ0n) is 11.6. The number of nitrogens with zero attached hydrogens (tertiary/aromatic N) is 2. The van der Waals surface area contributed by atoms with Crippen molar-refractivity contribution in [2.75, 3.05) is 17.3 Å². The van der Waals surface area contributed by atoms with E-state index in [4.69, 9.17) is 10.7 Å². The second-order valence-electron chi connectivity index (χ2n) is 6.22. The van der Waals surface area contributed by atoms with Gasteiger partial charge < -0.3 is 5.73 Å². The van der Waals surface area contributed by atoms with Gasteiger partial charge in [0.15, 0.2) is 0 Å². The Morgan fingerprint density at radius 1 is 1.37 bits per heavy atom. The van der Waals surface area contributed by atoms with Crippen molar-refractivity contribution >= 4 is 23.5 Å². The summed E-state index contributed by atoms with van der Waals surface area (Å²) < 4.78 is 0. The standard InChI is InChI=1S/C14H21N3S2/c1-14(2)5-10(15)9-7-16-13(17-11(9)6-14)12-8-18-3-4-19-12/h7,10,12H,3-6,8,15H2,1-2H3. The van der Waals surface area contributed by atoms with Crippen molar-refractivity contribution in [1.29, 1.82) is 0 Å². The summed E-state index contributed by atoms with van der Waals surface area (Å²) in [7, 11) is 0. The molecule has 19 heavy (non-hydrogen) atoms. The number of fused-ring (bicyclic) bond motifs is 1. The predicted octanol–water partition coefficient (Wildman–Crippen LogP) is 2.97. The molecule has 5 heteroatoms. The Morgan fingerprint density at radius 3 is 2.95 bits per heavy atom. The van der Waals surface area contributed by atoms with Gasteiger partial charge in [-0.25, -0.2) is 9.97 Å². The number of rotatable bonds is 1. The first-order chi connectivity index (χ1) is 9.05. The second kappa shape index (κ2) is 5.26. The molecule has 2 aliphatic rings. The first-order valence-corrected chi connectivity index (χ1v) is 9.06. The van der Waals surface area contributed by atoms with Crippen molar-refractivity contribution in [3.8, 4) is 0 Å². The average Bonchev–Trinajstić information content (AvgIpc) is 2.37. The van der Waals surface area contributed by atoms with Gasteiger partial charge in [0.2, 0.25) is 0 Å². The van der Waals surface area contributed by atoms with Crippen LogP contribution in [0.1, 0.15) is 48.6 Å². The van der Waals surface area contributed by atoms with Crippen LogP contribution in [0.5, 0.6) is 0 Å². The molecule has 2 atom stereocenters. The summed E-state index contributed by atoms with van der Waals surface area (Å²) in [6, 6.07) is 0.0983. The van der Waals surface area contributed by atoms with Gasteiger partial charge in [-0.1, -0.05) is 13.8 Å². The van der Waals surface area contributed by atoms with E-state index < -0.39 is 0 Å². The first kappa shape index (κ1) is 13.7. The maximum absolute atomic E-state index is 6.26. The van der Waals surface area contributed by atoms with E-state index in [1.54, 1.807) is 0 Å². The van der Waals surface area contributed by atoms with Crippen molar-refractivity contribution < 1.29 is 0 Å². The van der Waals surface area contributed by atoms with Gasteiger partial charge >= 0.3 is 0 Å². The van der Waals surface area contributed by atoms with Crippen LogP contribution in [0.4, 0.5) is 0 Å². The molecular weight excluding hydrogens is 274 g/mol.